The highest BCUT2D eigenvalue weighted by atomic mass is 15.2. The molecule has 2 aromatic heterocycles. The van der Waals surface area contributed by atoms with Gasteiger partial charge in [-0.3, -0.25) is 5.10 Å². The summed E-state index contributed by atoms with van der Waals surface area (Å²) in [4.78, 5) is 7.20. The predicted molar refractivity (Wildman–Crippen MR) is 112 cm³/mol. The topological polar surface area (TPSA) is 92.7 Å². The van der Waals surface area contributed by atoms with Gasteiger partial charge in [0.15, 0.2) is 5.82 Å². The average molecular weight is 375 g/mol. The molecule has 7 nitrogen and oxygen atoms in total. The van der Waals surface area contributed by atoms with Gasteiger partial charge in [-0.2, -0.15) is 10.4 Å². The first kappa shape index (κ1) is 18.3. The maximum Gasteiger partial charge on any atom is 0.153 e. The summed E-state index contributed by atoms with van der Waals surface area (Å²) in [7, 11) is 0. The number of anilines is 3. The minimum Gasteiger partial charge on any atom is -0.367 e. The van der Waals surface area contributed by atoms with Crippen molar-refractivity contribution in [2.45, 2.75) is 32.2 Å². The molecule has 0 unspecified atom stereocenters. The second kappa shape index (κ2) is 8.28. The van der Waals surface area contributed by atoms with Gasteiger partial charge in [-0.05, 0) is 31.2 Å². The van der Waals surface area contributed by atoms with Gasteiger partial charge in [0.05, 0.1) is 6.07 Å². The number of aryl methyl sites for hydroxylation is 1. The fraction of sp³-hybridized carbons (Fsp3) is 0.381. The van der Waals surface area contributed by atoms with Gasteiger partial charge in [0.1, 0.15) is 11.6 Å². The molecule has 3 N–H and O–H groups in total. The number of fused-ring (bicyclic) bond motifs is 1. The molecule has 0 aliphatic carbocycles. The number of aromatic amines is 1. The Labute approximate surface area is 164 Å². The fourth-order valence-electron chi connectivity index (χ4n) is 3.69. The van der Waals surface area contributed by atoms with Crippen LogP contribution in [0.3, 0.4) is 0 Å². The van der Waals surface area contributed by atoms with Gasteiger partial charge >= 0.3 is 0 Å². The number of rotatable bonds is 6. The van der Waals surface area contributed by atoms with E-state index in [1.807, 2.05) is 25.1 Å². The van der Waals surface area contributed by atoms with Crippen LogP contribution in [0.2, 0.25) is 0 Å². The summed E-state index contributed by atoms with van der Waals surface area (Å²) in [6, 6.07) is 14.9. The Balaban J connectivity index is 1.51. The molecule has 0 radical (unpaired) electrons. The lowest BCUT2D eigenvalue weighted by Crippen LogP contribution is -2.39. The lowest BCUT2D eigenvalue weighted by atomic mass is 10.0. The maximum atomic E-state index is 8.75. The van der Waals surface area contributed by atoms with E-state index in [9.17, 15) is 0 Å². The predicted octanol–water partition coefficient (Wildman–Crippen LogP) is 3.80. The Bertz CT molecular complexity index is 980. The van der Waals surface area contributed by atoms with Gasteiger partial charge in [0.25, 0.3) is 0 Å². The van der Waals surface area contributed by atoms with Crippen LogP contribution in [0.15, 0.2) is 36.4 Å². The van der Waals surface area contributed by atoms with Gasteiger partial charge in [-0.15, -0.1) is 0 Å². The van der Waals surface area contributed by atoms with Crippen LogP contribution in [0.1, 0.15) is 25.0 Å². The Morgan fingerprint density at radius 2 is 2.04 bits per heavy atom. The molecule has 28 heavy (non-hydrogen) atoms. The summed E-state index contributed by atoms with van der Waals surface area (Å²) >= 11 is 0. The number of aromatic nitrogens is 3. The summed E-state index contributed by atoms with van der Waals surface area (Å²) in [6.45, 7) is 4.88. The molecule has 0 amide bonds. The molecule has 144 valence electrons. The zero-order chi connectivity index (χ0) is 19.3. The Morgan fingerprint density at radius 1 is 1.21 bits per heavy atom. The number of hydrogen-bond acceptors (Lipinski definition) is 6. The molecule has 7 heteroatoms. The lowest BCUT2D eigenvalue weighted by Gasteiger charge is -2.32. The summed E-state index contributed by atoms with van der Waals surface area (Å²) in [5, 5.41) is 25.1. The van der Waals surface area contributed by atoms with Crippen molar-refractivity contribution in [3.63, 3.8) is 0 Å². The summed E-state index contributed by atoms with van der Waals surface area (Å²) in [5.41, 5.74) is 1.00. The number of nitrogens with zero attached hydrogens (tertiary/aromatic N) is 4. The van der Waals surface area contributed by atoms with Crippen molar-refractivity contribution in [2.75, 3.05) is 30.3 Å². The van der Waals surface area contributed by atoms with Gasteiger partial charge in [-0.25, -0.2) is 4.98 Å². The van der Waals surface area contributed by atoms with Crippen molar-refractivity contribution in [3.05, 3.63) is 42.1 Å². The molecule has 1 aromatic carbocycles. The molecule has 1 saturated heterocycles. The van der Waals surface area contributed by atoms with Crippen molar-refractivity contribution < 1.29 is 0 Å². The third kappa shape index (κ3) is 4.24. The van der Waals surface area contributed by atoms with E-state index in [0.29, 0.717) is 12.5 Å². The Hall–Kier alpha value is -3.11. The van der Waals surface area contributed by atoms with Crippen molar-refractivity contribution in [1.82, 2.24) is 20.1 Å². The van der Waals surface area contributed by atoms with E-state index >= 15 is 0 Å². The monoisotopic (exact) mass is 375 g/mol. The maximum absolute atomic E-state index is 8.75. The normalized spacial score (nSPS) is 15.4. The van der Waals surface area contributed by atoms with Gasteiger partial charge in [0.2, 0.25) is 0 Å². The minimum absolute atomic E-state index is 0.396. The zero-order valence-electron chi connectivity index (χ0n) is 16.1. The molecule has 0 atom stereocenters. The van der Waals surface area contributed by atoms with Crippen molar-refractivity contribution in [1.29, 1.82) is 5.26 Å². The number of nitrogens with one attached hydrogen (secondary N) is 3. The highest BCUT2D eigenvalue weighted by Gasteiger charge is 2.19. The standard InChI is InChI=1S/C21H25N7/c1-15-13-20(27-26-15)25-21-18-6-3-2-5-16(18)14-19(24-21)23-17-7-11-28(12-8-17)10-4-9-22/h2-3,5-6,13-14,17H,4,7-8,10-12H2,1H3,(H3,23,24,25,26,27). The Morgan fingerprint density at radius 3 is 2.79 bits per heavy atom. The highest BCUT2D eigenvalue weighted by molar-refractivity contribution is 5.95. The highest BCUT2D eigenvalue weighted by Crippen LogP contribution is 2.28. The number of piperidine rings is 1. The summed E-state index contributed by atoms with van der Waals surface area (Å²) in [6.07, 6.45) is 2.72. The fourth-order valence-corrected chi connectivity index (χ4v) is 3.69. The zero-order valence-corrected chi connectivity index (χ0v) is 16.1. The third-order valence-electron chi connectivity index (χ3n) is 5.17. The lowest BCUT2D eigenvalue weighted by molar-refractivity contribution is 0.223. The van der Waals surface area contributed by atoms with Crippen molar-refractivity contribution in [2.24, 2.45) is 0 Å². The van der Waals surface area contributed by atoms with E-state index in [2.05, 4.69) is 50.0 Å². The van der Waals surface area contributed by atoms with Crippen LogP contribution >= 0.6 is 0 Å². The SMILES string of the molecule is Cc1cc(Nc2nc(NC3CCN(CCC#N)CC3)cc3ccccc23)n[nH]1. The first-order chi connectivity index (χ1) is 13.7. The van der Waals surface area contributed by atoms with Crippen molar-refractivity contribution >= 4 is 28.2 Å². The first-order valence-electron chi connectivity index (χ1n) is 9.76. The number of hydrogen-bond donors (Lipinski definition) is 3. The molecule has 0 bridgehead atoms. The van der Waals surface area contributed by atoms with E-state index in [1.165, 1.54) is 0 Å². The third-order valence-corrected chi connectivity index (χ3v) is 5.17. The number of likely N-dealkylation sites (tertiary alicyclic amines) is 1. The van der Waals surface area contributed by atoms with Gasteiger partial charge in [-0.1, -0.05) is 24.3 Å². The Kier molecular flexibility index (Phi) is 5.40. The number of nitriles is 1. The van der Waals surface area contributed by atoms with Crippen LogP contribution < -0.4 is 10.6 Å². The van der Waals surface area contributed by atoms with Crippen LogP contribution in [-0.2, 0) is 0 Å². The molecule has 0 spiro atoms. The second-order valence-corrected chi connectivity index (χ2v) is 7.31. The molecule has 1 aliphatic rings. The molecule has 3 heterocycles. The first-order valence-corrected chi connectivity index (χ1v) is 9.76. The quantitative estimate of drug-likeness (QED) is 0.607. The van der Waals surface area contributed by atoms with Gasteiger partial charge in [0, 0.05) is 49.2 Å². The van der Waals surface area contributed by atoms with E-state index in [0.717, 1.165) is 66.4 Å². The van der Waals surface area contributed by atoms with Crippen LogP contribution in [0.5, 0.6) is 0 Å². The van der Waals surface area contributed by atoms with Crippen LogP contribution in [0, 0.1) is 18.3 Å². The second-order valence-electron chi connectivity index (χ2n) is 7.31. The van der Waals surface area contributed by atoms with E-state index in [1.54, 1.807) is 0 Å². The molecule has 0 saturated carbocycles. The number of H-pyrrole nitrogens is 1. The van der Waals surface area contributed by atoms with Crippen LogP contribution in [0.4, 0.5) is 17.5 Å². The average Bonchev–Trinajstić information content (AvgIpc) is 3.12. The molecule has 4 rings (SSSR count). The number of benzene rings is 1. The minimum atomic E-state index is 0.396. The molecular weight excluding hydrogens is 350 g/mol. The van der Waals surface area contributed by atoms with E-state index in [-0.39, 0.29) is 0 Å². The molecule has 1 aliphatic heterocycles. The molecular formula is C21H25N7. The number of pyridine rings is 1. The summed E-state index contributed by atoms with van der Waals surface area (Å²) in [5.74, 6) is 2.44. The van der Waals surface area contributed by atoms with E-state index < -0.39 is 0 Å². The van der Waals surface area contributed by atoms with Crippen molar-refractivity contribution in [3.8, 4) is 6.07 Å². The summed E-state index contributed by atoms with van der Waals surface area (Å²) < 4.78 is 0. The molecule has 1 fully saturated rings. The van der Waals surface area contributed by atoms with Crippen LogP contribution in [0.25, 0.3) is 10.8 Å². The van der Waals surface area contributed by atoms with Gasteiger partial charge < -0.3 is 15.5 Å². The molecule has 3 aromatic rings. The smallest absolute Gasteiger partial charge is 0.153 e. The van der Waals surface area contributed by atoms with E-state index in [4.69, 9.17) is 10.2 Å². The largest absolute Gasteiger partial charge is 0.367 e. The van der Waals surface area contributed by atoms with Crippen LogP contribution in [-0.4, -0.2) is 45.8 Å².